The highest BCUT2D eigenvalue weighted by Gasteiger charge is 2.48. The van der Waals surface area contributed by atoms with Gasteiger partial charge in [-0.15, -0.1) is 0 Å². The molecule has 1 aliphatic heterocycles. The van der Waals surface area contributed by atoms with Crippen LogP contribution in [0, 0.1) is 0 Å². The van der Waals surface area contributed by atoms with Gasteiger partial charge in [-0.1, -0.05) is 0 Å². The van der Waals surface area contributed by atoms with Crippen molar-refractivity contribution in [2.24, 2.45) is 0 Å². The van der Waals surface area contributed by atoms with Crippen LogP contribution in [0.25, 0.3) is 0 Å². The van der Waals surface area contributed by atoms with Crippen LogP contribution < -0.4 is 0 Å². The van der Waals surface area contributed by atoms with Crippen LogP contribution in [-0.2, 0) is 33.3 Å². The maximum absolute atomic E-state index is 11.2. The lowest BCUT2D eigenvalue weighted by atomic mass is 9.95. The van der Waals surface area contributed by atoms with E-state index < -0.39 is 48.4 Å². The Labute approximate surface area is 122 Å². The molecule has 1 unspecified atom stereocenters. The highest BCUT2D eigenvalue weighted by atomic mass is 16.6. The first-order valence-corrected chi connectivity index (χ1v) is 6.53. The Hall–Kier alpha value is -1.67. The van der Waals surface area contributed by atoms with Crippen molar-refractivity contribution in [1.29, 1.82) is 0 Å². The van der Waals surface area contributed by atoms with Crippen molar-refractivity contribution >= 4 is 17.9 Å². The zero-order valence-electron chi connectivity index (χ0n) is 12.4. The third kappa shape index (κ3) is 4.98. The molecule has 1 heterocycles. The molecule has 21 heavy (non-hydrogen) atoms. The average molecular weight is 304 g/mol. The standard InChI is InChI=1S/C13H20O8/c1-6-11(17)13(21-9(4)16)12(20-8(3)15)10(19-6)5-18-7(2)14/h6,10-13,17H,5H2,1-4H3/t6?,10-,11+,12+,13+/m0/s1. The Morgan fingerprint density at radius 1 is 1.00 bits per heavy atom. The van der Waals surface area contributed by atoms with E-state index in [1.54, 1.807) is 6.92 Å². The van der Waals surface area contributed by atoms with Gasteiger partial charge in [0.15, 0.2) is 12.2 Å². The lowest BCUT2D eigenvalue weighted by molar-refractivity contribution is -0.243. The van der Waals surface area contributed by atoms with Crippen molar-refractivity contribution in [3.8, 4) is 0 Å². The largest absolute Gasteiger partial charge is 0.463 e. The second-order valence-corrected chi connectivity index (χ2v) is 4.82. The van der Waals surface area contributed by atoms with Gasteiger partial charge in [-0.3, -0.25) is 14.4 Å². The van der Waals surface area contributed by atoms with Gasteiger partial charge in [-0.25, -0.2) is 0 Å². The van der Waals surface area contributed by atoms with Crippen molar-refractivity contribution in [3.63, 3.8) is 0 Å². The molecule has 0 aliphatic carbocycles. The molecule has 0 radical (unpaired) electrons. The third-order valence-electron chi connectivity index (χ3n) is 2.95. The zero-order valence-corrected chi connectivity index (χ0v) is 12.4. The monoisotopic (exact) mass is 304 g/mol. The van der Waals surface area contributed by atoms with E-state index in [0.29, 0.717) is 0 Å². The predicted molar refractivity (Wildman–Crippen MR) is 68.1 cm³/mol. The number of hydrogen-bond acceptors (Lipinski definition) is 8. The molecule has 0 aromatic rings. The van der Waals surface area contributed by atoms with Gasteiger partial charge < -0.3 is 24.1 Å². The van der Waals surface area contributed by atoms with Crippen molar-refractivity contribution in [2.45, 2.75) is 58.2 Å². The predicted octanol–water partition coefficient (Wildman–Crippen LogP) is -0.439. The highest BCUT2D eigenvalue weighted by Crippen LogP contribution is 2.26. The molecule has 1 aliphatic rings. The molecule has 1 N–H and O–H groups in total. The summed E-state index contributed by atoms with van der Waals surface area (Å²) in [5.74, 6) is -1.78. The van der Waals surface area contributed by atoms with Crippen molar-refractivity contribution in [3.05, 3.63) is 0 Å². The van der Waals surface area contributed by atoms with Gasteiger partial charge in [0.1, 0.15) is 18.8 Å². The topological polar surface area (TPSA) is 108 Å². The zero-order chi connectivity index (χ0) is 16.2. The molecule has 0 aromatic heterocycles. The van der Waals surface area contributed by atoms with Crippen LogP contribution in [0.15, 0.2) is 0 Å². The van der Waals surface area contributed by atoms with Crippen LogP contribution in [-0.4, -0.2) is 60.1 Å². The van der Waals surface area contributed by atoms with Crippen molar-refractivity contribution in [2.75, 3.05) is 6.61 Å². The molecule has 120 valence electrons. The Balaban J connectivity index is 2.94. The summed E-state index contributed by atoms with van der Waals surface area (Å²) in [6.07, 6.45) is -4.82. The molecule has 8 heteroatoms. The molecule has 0 bridgehead atoms. The number of aliphatic hydroxyl groups is 1. The summed E-state index contributed by atoms with van der Waals surface area (Å²) >= 11 is 0. The minimum absolute atomic E-state index is 0.178. The molecule has 1 saturated heterocycles. The molecule has 0 spiro atoms. The van der Waals surface area contributed by atoms with Gasteiger partial charge in [-0.2, -0.15) is 0 Å². The number of carbonyl (C=O) groups excluding carboxylic acids is 3. The van der Waals surface area contributed by atoms with E-state index in [1.165, 1.54) is 20.8 Å². The molecular formula is C13H20O8. The fourth-order valence-corrected chi connectivity index (χ4v) is 2.10. The summed E-state index contributed by atoms with van der Waals surface area (Å²) in [6, 6.07) is 0. The summed E-state index contributed by atoms with van der Waals surface area (Å²) < 4.78 is 20.4. The average Bonchev–Trinajstić information content (AvgIpc) is 2.35. The van der Waals surface area contributed by atoms with Gasteiger partial charge in [0.05, 0.1) is 6.10 Å². The molecule has 1 rings (SSSR count). The Morgan fingerprint density at radius 3 is 2.00 bits per heavy atom. The van der Waals surface area contributed by atoms with E-state index >= 15 is 0 Å². The van der Waals surface area contributed by atoms with E-state index in [9.17, 15) is 19.5 Å². The number of aliphatic hydroxyl groups excluding tert-OH is 1. The fraction of sp³-hybridized carbons (Fsp3) is 0.769. The van der Waals surface area contributed by atoms with Crippen LogP contribution in [0.1, 0.15) is 27.7 Å². The lowest BCUT2D eigenvalue weighted by Crippen LogP contribution is -2.60. The Morgan fingerprint density at radius 2 is 1.52 bits per heavy atom. The molecule has 1 fully saturated rings. The van der Waals surface area contributed by atoms with Gasteiger partial charge in [0.2, 0.25) is 0 Å². The molecule has 0 saturated carbocycles. The lowest BCUT2D eigenvalue weighted by Gasteiger charge is -2.42. The molecular weight excluding hydrogens is 284 g/mol. The van der Waals surface area contributed by atoms with E-state index in [2.05, 4.69) is 0 Å². The van der Waals surface area contributed by atoms with Gasteiger partial charge in [0, 0.05) is 20.8 Å². The molecule has 5 atom stereocenters. The second-order valence-electron chi connectivity index (χ2n) is 4.82. The molecule has 0 amide bonds. The minimum Gasteiger partial charge on any atom is -0.463 e. The van der Waals surface area contributed by atoms with Crippen LogP contribution in [0.2, 0.25) is 0 Å². The Kier molecular flexibility index (Phi) is 6.10. The van der Waals surface area contributed by atoms with E-state index in [1.807, 2.05) is 0 Å². The van der Waals surface area contributed by atoms with Crippen LogP contribution in [0.5, 0.6) is 0 Å². The summed E-state index contributed by atoms with van der Waals surface area (Å²) in [5, 5.41) is 10.1. The van der Waals surface area contributed by atoms with Gasteiger partial charge in [0.25, 0.3) is 0 Å². The highest BCUT2D eigenvalue weighted by molar-refractivity contribution is 5.67. The number of hydrogen-bond donors (Lipinski definition) is 1. The van der Waals surface area contributed by atoms with Crippen LogP contribution in [0.3, 0.4) is 0 Å². The van der Waals surface area contributed by atoms with Gasteiger partial charge in [-0.05, 0) is 6.92 Å². The van der Waals surface area contributed by atoms with Crippen molar-refractivity contribution < 1.29 is 38.4 Å². The first-order valence-electron chi connectivity index (χ1n) is 6.53. The maximum atomic E-state index is 11.2. The molecule has 8 nitrogen and oxygen atoms in total. The summed E-state index contributed by atoms with van der Waals surface area (Å²) in [4.78, 5) is 33.3. The van der Waals surface area contributed by atoms with E-state index in [4.69, 9.17) is 18.9 Å². The Bertz CT molecular complexity index is 407. The SMILES string of the molecule is CC(=O)OC[C@@H]1OC(C)[C@@H](O)[C@@H](OC(C)=O)[C@@H]1OC(C)=O. The number of esters is 3. The molecule has 0 aromatic carbocycles. The smallest absolute Gasteiger partial charge is 0.303 e. The first kappa shape index (κ1) is 17.4. The summed E-state index contributed by atoms with van der Waals surface area (Å²) in [5.41, 5.74) is 0. The van der Waals surface area contributed by atoms with Crippen LogP contribution >= 0.6 is 0 Å². The quantitative estimate of drug-likeness (QED) is 0.550. The number of carbonyl (C=O) groups is 3. The van der Waals surface area contributed by atoms with Crippen molar-refractivity contribution in [1.82, 2.24) is 0 Å². The van der Waals surface area contributed by atoms with Crippen LogP contribution in [0.4, 0.5) is 0 Å². The fourth-order valence-electron chi connectivity index (χ4n) is 2.10. The third-order valence-corrected chi connectivity index (χ3v) is 2.95. The summed E-state index contributed by atoms with van der Waals surface area (Å²) in [6.45, 7) is 4.98. The van der Waals surface area contributed by atoms with E-state index in [-0.39, 0.29) is 6.61 Å². The first-order chi connectivity index (χ1) is 9.72. The van der Waals surface area contributed by atoms with E-state index in [0.717, 1.165) is 0 Å². The number of ether oxygens (including phenoxy) is 4. The summed E-state index contributed by atoms with van der Waals surface area (Å²) in [7, 11) is 0. The minimum atomic E-state index is -1.16. The van der Waals surface area contributed by atoms with Gasteiger partial charge >= 0.3 is 17.9 Å². The maximum Gasteiger partial charge on any atom is 0.303 e. The number of rotatable bonds is 4. The normalized spacial score (nSPS) is 32.1. The second kappa shape index (κ2) is 7.37.